The summed E-state index contributed by atoms with van der Waals surface area (Å²) < 4.78 is 28.0. The molecule has 1 aliphatic carbocycles. The quantitative estimate of drug-likeness (QED) is 0.681. The van der Waals surface area contributed by atoms with Gasteiger partial charge < -0.3 is 5.11 Å². The molecule has 1 aliphatic rings. The van der Waals surface area contributed by atoms with E-state index in [1.807, 2.05) is 0 Å². The molecule has 21 heavy (non-hydrogen) atoms. The van der Waals surface area contributed by atoms with Crippen molar-refractivity contribution in [3.8, 4) is 10.6 Å². The zero-order chi connectivity index (χ0) is 15.1. The number of nitro groups is 1. The maximum absolute atomic E-state index is 14.2. The van der Waals surface area contributed by atoms with E-state index < -0.39 is 33.9 Å². The van der Waals surface area contributed by atoms with E-state index in [0.717, 1.165) is 29.9 Å². The monoisotopic (exact) mass is 312 g/mol. The number of fused-ring (bicyclic) bond motifs is 1. The van der Waals surface area contributed by atoms with Crippen molar-refractivity contribution in [3.05, 3.63) is 44.5 Å². The van der Waals surface area contributed by atoms with Crippen molar-refractivity contribution in [1.29, 1.82) is 0 Å². The number of aliphatic hydroxyl groups is 1. The number of aliphatic hydroxyl groups excluding tert-OH is 1. The Morgan fingerprint density at radius 1 is 1.43 bits per heavy atom. The first-order chi connectivity index (χ1) is 9.99. The van der Waals surface area contributed by atoms with E-state index in [1.165, 1.54) is 0 Å². The van der Waals surface area contributed by atoms with Crippen LogP contribution in [0.15, 0.2) is 12.1 Å². The number of hydrogen-bond donors (Lipinski definition) is 1. The molecule has 1 atom stereocenters. The van der Waals surface area contributed by atoms with Crippen LogP contribution in [0.5, 0.6) is 0 Å². The lowest BCUT2D eigenvalue weighted by Crippen LogP contribution is -2.06. The van der Waals surface area contributed by atoms with Crippen LogP contribution in [0.1, 0.15) is 29.5 Å². The molecule has 0 spiro atoms. The number of benzene rings is 1. The molecule has 1 unspecified atom stereocenters. The molecule has 1 heterocycles. The van der Waals surface area contributed by atoms with Crippen molar-refractivity contribution in [2.75, 3.05) is 0 Å². The van der Waals surface area contributed by atoms with Gasteiger partial charge in [0.05, 0.1) is 27.2 Å². The minimum atomic E-state index is -1.24. The third-order valence-corrected chi connectivity index (χ3v) is 4.62. The van der Waals surface area contributed by atoms with Gasteiger partial charge in [-0.25, -0.2) is 9.37 Å². The predicted molar refractivity (Wildman–Crippen MR) is 72.0 cm³/mol. The van der Waals surface area contributed by atoms with E-state index in [4.69, 9.17) is 0 Å². The molecule has 0 aliphatic heterocycles. The Kier molecular flexibility index (Phi) is 3.42. The van der Waals surface area contributed by atoms with E-state index in [2.05, 4.69) is 4.98 Å². The first-order valence-corrected chi connectivity index (χ1v) is 7.11. The first kappa shape index (κ1) is 14.0. The SMILES string of the molecule is O=[N+]([O-])c1ccc(F)c(-c2nc3c(s2)C(O)CCC3)c1F. The first-order valence-electron chi connectivity index (χ1n) is 6.29. The molecular formula is C13H10F2N2O3S. The number of thiazole rings is 1. The standard InChI is InChI=1S/C13H10F2N2O3S/c14-6-4-5-8(17(19)20)11(15)10(6)13-16-7-2-1-3-9(18)12(7)21-13/h4-5,9,18H,1-3H2. The summed E-state index contributed by atoms with van der Waals surface area (Å²) in [7, 11) is 0. The van der Waals surface area contributed by atoms with E-state index >= 15 is 0 Å². The average Bonchev–Trinajstić information content (AvgIpc) is 2.83. The van der Waals surface area contributed by atoms with Gasteiger partial charge in [0.25, 0.3) is 0 Å². The molecule has 0 amide bonds. The third-order valence-electron chi connectivity index (χ3n) is 3.40. The number of hydrogen-bond acceptors (Lipinski definition) is 5. The maximum Gasteiger partial charge on any atom is 0.305 e. The highest BCUT2D eigenvalue weighted by Crippen LogP contribution is 2.40. The van der Waals surface area contributed by atoms with Gasteiger partial charge in [-0.05, 0) is 25.3 Å². The molecule has 0 bridgehead atoms. The number of aromatic nitrogens is 1. The fourth-order valence-electron chi connectivity index (χ4n) is 2.38. The van der Waals surface area contributed by atoms with Crippen LogP contribution < -0.4 is 0 Å². The molecule has 0 radical (unpaired) electrons. The normalized spacial score (nSPS) is 17.6. The molecular weight excluding hydrogens is 302 g/mol. The van der Waals surface area contributed by atoms with Crippen LogP contribution in [0.2, 0.25) is 0 Å². The second kappa shape index (κ2) is 5.12. The van der Waals surface area contributed by atoms with E-state index in [-0.39, 0.29) is 5.01 Å². The number of halogens is 2. The van der Waals surface area contributed by atoms with Crippen LogP contribution in [0.3, 0.4) is 0 Å². The maximum atomic E-state index is 14.2. The van der Waals surface area contributed by atoms with Crippen LogP contribution in [0.25, 0.3) is 10.6 Å². The predicted octanol–water partition coefficient (Wildman–Crippen LogP) is 3.37. The molecule has 2 aromatic rings. The van der Waals surface area contributed by atoms with Gasteiger partial charge in [-0.3, -0.25) is 10.1 Å². The molecule has 1 aromatic heterocycles. The lowest BCUT2D eigenvalue weighted by Gasteiger charge is -2.14. The van der Waals surface area contributed by atoms with Gasteiger partial charge in [0.2, 0.25) is 5.82 Å². The molecule has 3 rings (SSSR count). The van der Waals surface area contributed by atoms with Crippen LogP contribution in [-0.4, -0.2) is 15.0 Å². The summed E-state index contributed by atoms with van der Waals surface area (Å²) >= 11 is 0.982. The fourth-order valence-corrected chi connectivity index (χ4v) is 3.56. The summed E-state index contributed by atoms with van der Waals surface area (Å²) in [6.45, 7) is 0. The van der Waals surface area contributed by atoms with Crippen molar-refractivity contribution >= 4 is 17.0 Å². The van der Waals surface area contributed by atoms with Crippen LogP contribution >= 0.6 is 11.3 Å². The van der Waals surface area contributed by atoms with E-state index in [9.17, 15) is 24.0 Å². The topological polar surface area (TPSA) is 76.3 Å². The van der Waals surface area contributed by atoms with Gasteiger partial charge in [0, 0.05) is 6.07 Å². The largest absolute Gasteiger partial charge is 0.388 e. The van der Waals surface area contributed by atoms with Gasteiger partial charge in [0.15, 0.2) is 0 Å². The van der Waals surface area contributed by atoms with E-state index in [0.29, 0.717) is 23.4 Å². The molecule has 0 fully saturated rings. The number of nitrogens with zero attached hydrogens (tertiary/aromatic N) is 2. The smallest absolute Gasteiger partial charge is 0.305 e. The van der Waals surface area contributed by atoms with Crippen molar-refractivity contribution in [2.45, 2.75) is 25.4 Å². The summed E-state index contributed by atoms with van der Waals surface area (Å²) in [5.74, 6) is -2.14. The Balaban J connectivity index is 2.17. The highest BCUT2D eigenvalue weighted by Gasteiger charge is 2.28. The van der Waals surface area contributed by atoms with Crippen molar-refractivity contribution < 1.29 is 18.8 Å². The fraction of sp³-hybridized carbons (Fsp3) is 0.308. The highest BCUT2D eigenvalue weighted by atomic mass is 32.1. The summed E-state index contributed by atoms with van der Waals surface area (Å²) in [6.07, 6.45) is 1.26. The molecule has 0 saturated carbocycles. The molecule has 0 saturated heterocycles. The lowest BCUT2D eigenvalue weighted by molar-refractivity contribution is -0.387. The van der Waals surface area contributed by atoms with Crippen LogP contribution in [-0.2, 0) is 6.42 Å². The minimum absolute atomic E-state index is 0.0275. The number of aryl methyl sites for hydroxylation is 1. The Labute approximate surface area is 122 Å². The molecule has 1 aromatic carbocycles. The van der Waals surface area contributed by atoms with Crippen molar-refractivity contribution in [2.24, 2.45) is 0 Å². The van der Waals surface area contributed by atoms with Crippen molar-refractivity contribution in [1.82, 2.24) is 4.98 Å². The zero-order valence-electron chi connectivity index (χ0n) is 10.7. The zero-order valence-corrected chi connectivity index (χ0v) is 11.5. The highest BCUT2D eigenvalue weighted by molar-refractivity contribution is 7.15. The van der Waals surface area contributed by atoms with E-state index in [1.54, 1.807) is 0 Å². The summed E-state index contributed by atoms with van der Waals surface area (Å²) in [4.78, 5) is 14.6. The summed E-state index contributed by atoms with van der Waals surface area (Å²) in [5, 5.41) is 20.7. The lowest BCUT2D eigenvalue weighted by atomic mass is 10.0. The second-order valence-corrected chi connectivity index (χ2v) is 5.78. The van der Waals surface area contributed by atoms with Gasteiger partial charge >= 0.3 is 5.69 Å². The minimum Gasteiger partial charge on any atom is -0.388 e. The van der Waals surface area contributed by atoms with Gasteiger partial charge in [-0.2, -0.15) is 4.39 Å². The van der Waals surface area contributed by atoms with Crippen LogP contribution in [0.4, 0.5) is 14.5 Å². The number of rotatable bonds is 2. The molecule has 5 nitrogen and oxygen atoms in total. The summed E-state index contributed by atoms with van der Waals surface area (Å²) in [5.41, 5.74) is -0.685. The second-order valence-electron chi connectivity index (χ2n) is 4.75. The van der Waals surface area contributed by atoms with Crippen LogP contribution in [0, 0.1) is 21.7 Å². The Bertz CT molecular complexity index is 732. The molecule has 8 heteroatoms. The number of nitro benzene ring substituents is 1. The summed E-state index contributed by atoms with van der Waals surface area (Å²) in [6, 6.07) is 1.64. The van der Waals surface area contributed by atoms with Gasteiger partial charge in [0.1, 0.15) is 10.8 Å². The van der Waals surface area contributed by atoms with Gasteiger partial charge in [-0.1, -0.05) is 0 Å². The van der Waals surface area contributed by atoms with Crippen molar-refractivity contribution in [3.63, 3.8) is 0 Å². The third kappa shape index (κ3) is 2.30. The average molecular weight is 312 g/mol. The van der Waals surface area contributed by atoms with Gasteiger partial charge in [-0.15, -0.1) is 11.3 Å². The Hall–Kier alpha value is -1.93. The molecule has 110 valence electrons. The molecule has 1 N–H and O–H groups in total. The Morgan fingerprint density at radius 2 is 2.19 bits per heavy atom. The Morgan fingerprint density at radius 3 is 2.86 bits per heavy atom.